The van der Waals surface area contributed by atoms with Crippen molar-refractivity contribution in [2.75, 3.05) is 0 Å². The van der Waals surface area contributed by atoms with Gasteiger partial charge < -0.3 is 0 Å². The normalized spacial score (nSPS) is 21.2. The maximum atomic E-state index is 2.40. The Morgan fingerprint density at radius 1 is 0.355 bits per heavy atom. The molecule has 0 nitrogen and oxygen atoms in total. The third-order valence-electron chi connectivity index (χ3n) is 9.06. The van der Waals surface area contributed by atoms with Gasteiger partial charge in [0.1, 0.15) is 0 Å². The fraction of sp³-hybridized carbons (Fsp3) is 0.226. The van der Waals surface area contributed by atoms with Gasteiger partial charge in [-0.15, -0.1) is 0 Å². The lowest BCUT2D eigenvalue weighted by molar-refractivity contribution is -0.0735. The highest BCUT2D eigenvalue weighted by Crippen LogP contribution is 2.77. The van der Waals surface area contributed by atoms with Gasteiger partial charge in [0.15, 0.2) is 0 Å². The van der Waals surface area contributed by atoms with Crippen LogP contribution in [0.4, 0.5) is 0 Å². The maximum Gasteiger partial charge on any atom is 0.0225 e. The lowest BCUT2D eigenvalue weighted by Gasteiger charge is -2.67. The second-order valence-corrected chi connectivity index (χ2v) is 10.6. The Bertz CT molecular complexity index is 1190. The lowest BCUT2D eigenvalue weighted by Crippen LogP contribution is -2.61. The molecule has 4 aliphatic rings. The van der Waals surface area contributed by atoms with Crippen LogP contribution in [0, 0.1) is 5.41 Å². The molecule has 3 spiro atoms. The molecule has 0 radical (unpaired) electrons. The first-order valence-electron chi connectivity index (χ1n) is 11.6. The smallest absolute Gasteiger partial charge is 0.0225 e. The van der Waals surface area contributed by atoms with Crippen LogP contribution in [0.1, 0.15) is 47.9 Å². The van der Waals surface area contributed by atoms with Gasteiger partial charge in [-0.05, 0) is 75.6 Å². The summed E-state index contributed by atoms with van der Waals surface area (Å²) in [5.74, 6) is 0. The van der Waals surface area contributed by atoms with Crippen molar-refractivity contribution in [3.05, 3.63) is 119 Å². The molecule has 0 aromatic heterocycles. The van der Waals surface area contributed by atoms with E-state index in [9.17, 15) is 0 Å². The Hall–Kier alpha value is -3.12. The second kappa shape index (κ2) is 5.19. The lowest BCUT2D eigenvalue weighted by atomic mass is 9.36. The van der Waals surface area contributed by atoms with E-state index < -0.39 is 0 Å². The first-order valence-corrected chi connectivity index (χ1v) is 11.6. The van der Waals surface area contributed by atoms with Crippen molar-refractivity contribution in [2.45, 2.75) is 36.5 Å². The molecule has 0 aliphatic heterocycles. The van der Waals surface area contributed by atoms with Crippen LogP contribution >= 0.6 is 0 Å². The van der Waals surface area contributed by atoms with E-state index in [1.54, 1.807) is 22.3 Å². The monoisotopic (exact) mass is 396 g/mol. The van der Waals surface area contributed by atoms with Crippen LogP contribution in [-0.4, -0.2) is 0 Å². The maximum absolute atomic E-state index is 2.40. The van der Waals surface area contributed by atoms with E-state index >= 15 is 0 Å². The van der Waals surface area contributed by atoms with E-state index in [2.05, 4.69) is 97.1 Å². The molecular weight excluding hydrogens is 372 g/mol. The van der Waals surface area contributed by atoms with E-state index in [4.69, 9.17) is 0 Å². The van der Waals surface area contributed by atoms with Gasteiger partial charge in [0.05, 0.1) is 0 Å². The molecule has 31 heavy (non-hydrogen) atoms. The standard InChI is InChI=1S/C31H24/c1-5-13-25-21(9-1)22-10-2-6-14-26(22)30(25)17-29(18-30)19-31(20-29)27-15-7-3-11-23(27)24-12-4-8-16-28(24)31/h1-16H,17-20H2. The van der Waals surface area contributed by atoms with Crippen LogP contribution in [0.3, 0.4) is 0 Å². The Morgan fingerprint density at radius 3 is 0.903 bits per heavy atom. The van der Waals surface area contributed by atoms with Gasteiger partial charge in [-0.25, -0.2) is 0 Å². The molecule has 0 N–H and O–H groups in total. The summed E-state index contributed by atoms with van der Waals surface area (Å²) in [5.41, 5.74) is 13.2. The fourth-order valence-corrected chi connectivity index (χ4v) is 8.30. The molecule has 0 bridgehead atoms. The zero-order chi connectivity index (χ0) is 20.3. The topological polar surface area (TPSA) is 0 Å². The van der Waals surface area contributed by atoms with E-state index in [1.165, 1.54) is 47.9 Å². The van der Waals surface area contributed by atoms with E-state index in [0.717, 1.165) is 0 Å². The third kappa shape index (κ3) is 1.77. The molecule has 4 aliphatic carbocycles. The fourth-order valence-electron chi connectivity index (χ4n) is 8.30. The molecule has 0 amide bonds. The molecule has 0 saturated heterocycles. The molecule has 8 rings (SSSR count). The molecule has 0 heteroatoms. The molecule has 148 valence electrons. The zero-order valence-corrected chi connectivity index (χ0v) is 17.6. The minimum absolute atomic E-state index is 0.242. The van der Waals surface area contributed by atoms with Crippen LogP contribution in [-0.2, 0) is 10.8 Å². The van der Waals surface area contributed by atoms with E-state index in [0.29, 0.717) is 5.41 Å². The van der Waals surface area contributed by atoms with Crippen LogP contribution < -0.4 is 0 Å². The van der Waals surface area contributed by atoms with Gasteiger partial charge in [0, 0.05) is 10.8 Å². The number of fused-ring (bicyclic) bond motifs is 10. The SMILES string of the molecule is c1ccc2c(c1)-c1ccccc1C21CC2(C1)CC1(C2)c2ccccc2-c2ccccc21. The summed E-state index contributed by atoms with van der Waals surface area (Å²) in [6.07, 6.45) is 5.22. The Balaban J connectivity index is 1.21. The van der Waals surface area contributed by atoms with Gasteiger partial charge in [0.2, 0.25) is 0 Å². The van der Waals surface area contributed by atoms with Crippen LogP contribution in [0.2, 0.25) is 0 Å². The third-order valence-corrected chi connectivity index (χ3v) is 9.06. The minimum atomic E-state index is 0.242. The summed E-state index contributed by atoms with van der Waals surface area (Å²) in [5, 5.41) is 0. The van der Waals surface area contributed by atoms with Crippen molar-refractivity contribution >= 4 is 0 Å². The summed E-state index contributed by atoms with van der Waals surface area (Å²) < 4.78 is 0. The summed E-state index contributed by atoms with van der Waals surface area (Å²) in [7, 11) is 0. The van der Waals surface area contributed by atoms with Crippen LogP contribution in [0.15, 0.2) is 97.1 Å². The quantitative estimate of drug-likeness (QED) is 0.289. The van der Waals surface area contributed by atoms with Gasteiger partial charge in [-0.2, -0.15) is 0 Å². The largest absolute Gasteiger partial charge is 0.0619 e. The summed E-state index contributed by atoms with van der Waals surface area (Å²) in [6.45, 7) is 0. The van der Waals surface area contributed by atoms with E-state index in [1.807, 2.05) is 0 Å². The van der Waals surface area contributed by atoms with Crippen LogP contribution in [0.25, 0.3) is 22.3 Å². The van der Waals surface area contributed by atoms with Crippen molar-refractivity contribution in [3.8, 4) is 22.3 Å². The number of hydrogen-bond donors (Lipinski definition) is 0. The molecule has 0 unspecified atom stereocenters. The predicted octanol–water partition coefficient (Wildman–Crippen LogP) is 7.49. The average molecular weight is 397 g/mol. The summed E-state index contributed by atoms with van der Waals surface area (Å²) in [6, 6.07) is 36.7. The van der Waals surface area contributed by atoms with Crippen molar-refractivity contribution in [3.63, 3.8) is 0 Å². The van der Waals surface area contributed by atoms with Crippen molar-refractivity contribution < 1.29 is 0 Å². The molecule has 2 fully saturated rings. The van der Waals surface area contributed by atoms with Crippen molar-refractivity contribution in [1.29, 1.82) is 0 Å². The van der Waals surface area contributed by atoms with E-state index in [-0.39, 0.29) is 10.8 Å². The minimum Gasteiger partial charge on any atom is -0.0619 e. The Morgan fingerprint density at radius 2 is 0.613 bits per heavy atom. The highest BCUT2D eigenvalue weighted by atomic mass is 14.7. The van der Waals surface area contributed by atoms with Crippen molar-refractivity contribution in [1.82, 2.24) is 0 Å². The molecule has 4 aromatic rings. The van der Waals surface area contributed by atoms with Gasteiger partial charge in [-0.1, -0.05) is 97.1 Å². The summed E-state index contributed by atoms with van der Waals surface area (Å²) >= 11 is 0. The Labute approximate surface area is 183 Å². The molecule has 0 atom stereocenters. The zero-order valence-electron chi connectivity index (χ0n) is 17.6. The average Bonchev–Trinajstić information content (AvgIpc) is 3.23. The van der Waals surface area contributed by atoms with Crippen molar-refractivity contribution in [2.24, 2.45) is 5.41 Å². The molecule has 0 heterocycles. The van der Waals surface area contributed by atoms with Gasteiger partial charge in [-0.3, -0.25) is 0 Å². The highest BCUT2D eigenvalue weighted by Gasteiger charge is 2.69. The van der Waals surface area contributed by atoms with Crippen LogP contribution in [0.5, 0.6) is 0 Å². The molecule has 2 saturated carbocycles. The first kappa shape index (κ1) is 16.6. The Kier molecular flexibility index (Phi) is 2.77. The predicted molar refractivity (Wildman–Crippen MR) is 126 cm³/mol. The first-order chi connectivity index (χ1) is 15.2. The number of hydrogen-bond acceptors (Lipinski definition) is 0. The van der Waals surface area contributed by atoms with Gasteiger partial charge >= 0.3 is 0 Å². The molecule has 4 aromatic carbocycles. The summed E-state index contributed by atoms with van der Waals surface area (Å²) in [4.78, 5) is 0. The number of benzene rings is 4. The second-order valence-electron chi connectivity index (χ2n) is 10.6. The van der Waals surface area contributed by atoms with Gasteiger partial charge in [0.25, 0.3) is 0 Å². The molecular formula is C31H24. The number of rotatable bonds is 0. The highest BCUT2D eigenvalue weighted by molar-refractivity contribution is 5.84.